The van der Waals surface area contributed by atoms with Crippen molar-refractivity contribution in [1.82, 2.24) is 14.9 Å². The summed E-state index contributed by atoms with van der Waals surface area (Å²) in [5.74, 6) is 0. The zero-order valence-corrected chi connectivity index (χ0v) is 11.5. The van der Waals surface area contributed by atoms with E-state index >= 15 is 0 Å². The average molecular weight is 264 g/mol. The van der Waals surface area contributed by atoms with Gasteiger partial charge in [0.1, 0.15) is 0 Å². The fourth-order valence-electron chi connectivity index (χ4n) is 2.11. The fourth-order valence-corrected chi connectivity index (χ4v) is 2.33. The van der Waals surface area contributed by atoms with Crippen LogP contribution in [0.5, 0.6) is 0 Å². The monoisotopic (exact) mass is 263 g/mol. The van der Waals surface area contributed by atoms with Gasteiger partial charge in [0.15, 0.2) is 0 Å². The Hall–Kier alpha value is -1.32. The Morgan fingerprint density at radius 3 is 2.78 bits per heavy atom. The third kappa shape index (κ3) is 2.92. The topological polar surface area (TPSA) is 29.9 Å². The molecule has 0 spiro atoms. The normalized spacial score (nSPS) is 12.6. The smallest absolute Gasteiger partial charge is 0.0946 e. The molecule has 0 amide bonds. The summed E-state index contributed by atoms with van der Waals surface area (Å²) in [7, 11) is 2.01. The maximum absolute atomic E-state index is 6.22. The third-order valence-corrected chi connectivity index (χ3v) is 3.41. The highest BCUT2D eigenvalue weighted by atomic mass is 35.5. The van der Waals surface area contributed by atoms with Crippen LogP contribution in [0, 0.1) is 0 Å². The van der Waals surface area contributed by atoms with Crippen molar-refractivity contribution in [1.29, 1.82) is 0 Å². The molecule has 0 aliphatic heterocycles. The Kier molecular flexibility index (Phi) is 4.39. The molecule has 0 aliphatic rings. The second kappa shape index (κ2) is 6.03. The number of hydrogen-bond acceptors (Lipinski definition) is 2. The number of aromatic nitrogens is 2. The SMILES string of the molecule is CCNC(Cc1ccccc1Cl)c1cncn1C. The second-order valence-electron chi connectivity index (χ2n) is 4.34. The number of halogens is 1. The van der Waals surface area contributed by atoms with Gasteiger partial charge in [0.2, 0.25) is 0 Å². The van der Waals surface area contributed by atoms with E-state index in [-0.39, 0.29) is 6.04 Å². The predicted molar refractivity (Wildman–Crippen MR) is 74.8 cm³/mol. The minimum absolute atomic E-state index is 0.238. The summed E-state index contributed by atoms with van der Waals surface area (Å²) in [5, 5.41) is 4.30. The fraction of sp³-hybridized carbons (Fsp3) is 0.357. The molecule has 4 heteroatoms. The Bertz CT molecular complexity index is 507. The van der Waals surface area contributed by atoms with Gasteiger partial charge >= 0.3 is 0 Å². The molecule has 1 N–H and O–H groups in total. The van der Waals surface area contributed by atoms with Gasteiger partial charge in [0.05, 0.1) is 18.1 Å². The van der Waals surface area contributed by atoms with E-state index in [1.165, 1.54) is 5.69 Å². The Labute approximate surface area is 113 Å². The average Bonchev–Trinajstić information content (AvgIpc) is 2.78. The number of hydrogen-bond donors (Lipinski definition) is 1. The quantitative estimate of drug-likeness (QED) is 0.899. The van der Waals surface area contributed by atoms with Crippen LogP contribution in [0.1, 0.15) is 24.2 Å². The molecule has 1 heterocycles. The van der Waals surface area contributed by atoms with E-state index in [9.17, 15) is 0 Å². The van der Waals surface area contributed by atoms with Crippen LogP contribution in [0.3, 0.4) is 0 Å². The first-order chi connectivity index (χ1) is 8.72. The summed E-state index contributed by atoms with van der Waals surface area (Å²) < 4.78 is 2.05. The minimum atomic E-state index is 0.238. The molecular formula is C14H18ClN3. The summed E-state index contributed by atoms with van der Waals surface area (Å²) in [5.41, 5.74) is 2.34. The van der Waals surface area contributed by atoms with Crippen LogP contribution in [-0.4, -0.2) is 16.1 Å². The molecule has 0 radical (unpaired) electrons. The summed E-state index contributed by atoms with van der Waals surface area (Å²) in [4.78, 5) is 4.18. The molecule has 1 atom stereocenters. The zero-order valence-electron chi connectivity index (χ0n) is 10.7. The first kappa shape index (κ1) is 13.1. The molecule has 96 valence electrons. The lowest BCUT2D eigenvalue weighted by Gasteiger charge is -2.19. The highest BCUT2D eigenvalue weighted by molar-refractivity contribution is 6.31. The van der Waals surface area contributed by atoms with E-state index in [1.807, 2.05) is 42.3 Å². The lowest BCUT2D eigenvalue weighted by atomic mass is 10.0. The molecule has 0 bridgehead atoms. The minimum Gasteiger partial charge on any atom is -0.336 e. The highest BCUT2D eigenvalue weighted by Crippen LogP contribution is 2.23. The molecule has 1 unspecified atom stereocenters. The van der Waals surface area contributed by atoms with Crippen molar-refractivity contribution in [3.05, 3.63) is 53.1 Å². The van der Waals surface area contributed by atoms with Crippen LogP contribution in [0.25, 0.3) is 0 Å². The van der Waals surface area contributed by atoms with Crippen LogP contribution in [0.4, 0.5) is 0 Å². The summed E-state index contributed by atoms with van der Waals surface area (Å²) in [6.07, 6.45) is 4.60. The molecule has 2 aromatic rings. The molecule has 0 aliphatic carbocycles. The lowest BCUT2D eigenvalue weighted by molar-refractivity contribution is 0.521. The number of benzene rings is 1. The van der Waals surface area contributed by atoms with Gasteiger partial charge in [-0.1, -0.05) is 36.7 Å². The second-order valence-corrected chi connectivity index (χ2v) is 4.74. The van der Waals surface area contributed by atoms with Gasteiger partial charge in [0, 0.05) is 18.3 Å². The number of rotatable bonds is 5. The molecule has 3 nitrogen and oxygen atoms in total. The van der Waals surface area contributed by atoms with Crippen molar-refractivity contribution in [2.45, 2.75) is 19.4 Å². The zero-order chi connectivity index (χ0) is 13.0. The molecule has 0 saturated carbocycles. The van der Waals surface area contributed by atoms with Crippen LogP contribution in [0.15, 0.2) is 36.8 Å². The molecule has 2 rings (SSSR count). The van der Waals surface area contributed by atoms with Crippen LogP contribution in [0.2, 0.25) is 5.02 Å². The van der Waals surface area contributed by atoms with Crippen LogP contribution < -0.4 is 5.32 Å². The number of imidazole rings is 1. The largest absolute Gasteiger partial charge is 0.336 e. The standard InChI is InChI=1S/C14H18ClN3/c1-3-17-13(14-9-16-10-18(14)2)8-11-6-4-5-7-12(11)15/h4-7,9-10,13,17H,3,8H2,1-2H3. The number of nitrogens with zero attached hydrogens (tertiary/aromatic N) is 2. The molecule has 1 aromatic carbocycles. The number of likely N-dealkylation sites (N-methyl/N-ethyl adjacent to an activating group) is 1. The molecule has 18 heavy (non-hydrogen) atoms. The van der Waals surface area contributed by atoms with E-state index in [0.29, 0.717) is 0 Å². The predicted octanol–water partition coefficient (Wildman–Crippen LogP) is 2.97. The molecule has 0 fully saturated rings. The summed E-state index contributed by atoms with van der Waals surface area (Å²) in [6, 6.07) is 8.22. The van der Waals surface area contributed by atoms with Crippen LogP contribution in [-0.2, 0) is 13.5 Å². The van der Waals surface area contributed by atoms with Crippen molar-refractivity contribution >= 4 is 11.6 Å². The maximum Gasteiger partial charge on any atom is 0.0946 e. The van der Waals surface area contributed by atoms with Gasteiger partial charge < -0.3 is 9.88 Å². The highest BCUT2D eigenvalue weighted by Gasteiger charge is 2.15. The van der Waals surface area contributed by atoms with E-state index in [4.69, 9.17) is 11.6 Å². The van der Waals surface area contributed by atoms with E-state index in [2.05, 4.69) is 23.3 Å². The summed E-state index contributed by atoms with van der Waals surface area (Å²) in [6.45, 7) is 3.02. The lowest BCUT2D eigenvalue weighted by Crippen LogP contribution is -2.24. The van der Waals surface area contributed by atoms with Gasteiger partial charge in [0.25, 0.3) is 0 Å². The maximum atomic E-state index is 6.22. The molecule has 0 saturated heterocycles. The van der Waals surface area contributed by atoms with E-state index in [1.54, 1.807) is 0 Å². The molecular weight excluding hydrogens is 246 g/mol. The third-order valence-electron chi connectivity index (χ3n) is 3.04. The Morgan fingerprint density at radius 2 is 2.17 bits per heavy atom. The Balaban J connectivity index is 2.22. The molecule has 1 aromatic heterocycles. The van der Waals surface area contributed by atoms with Crippen LogP contribution >= 0.6 is 11.6 Å². The van der Waals surface area contributed by atoms with Gasteiger partial charge in [-0.05, 0) is 24.6 Å². The Morgan fingerprint density at radius 1 is 1.39 bits per heavy atom. The van der Waals surface area contributed by atoms with Gasteiger partial charge in [-0.25, -0.2) is 4.98 Å². The van der Waals surface area contributed by atoms with Crippen molar-refractivity contribution in [3.8, 4) is 0 Å². The number of aryl methyl sites for hydroxylation is 1. The van der Waals surface area contributed by atoms with Gasteiger partial charge in [-0.2, -0.15) is 0 Å². The first-order valence-electron chi connectivity index (χ1n) is 6.15. The summed E-state index contributed by atoms with van der Waals surface area (Å²) >= 11 is 6.22. The van der Waals surface area contributed by atoms with Crippen molar-refractivity contribution < 1.29 is 0 Å². The first-order valence-corrected chi connectivity index (χ1v) is 6.53. The van der Waals surface area contributed by atoms with Crippen molar-refractivity contribution in [2.24, 2.45) is 7.05 Å². The number of nitrogens with one attached hydrogen (secondary N) is 1. The van der Waals surface area contributed by atoms with E-state index in [0.717, 1.165) is 23.6 Å². The van der Waals surface area contributed by atoms with Crippen molar-refractivity contribution in [3.63, 3.8) is 0 Å². The van der Waals surface area contributed by atoms with E-state index < -0.39 is 0 Å². The van der Waals surface area contributed by atoms with Crippen molar-refractivity contribution in [2.75, 3.05) is 6.54 Å². The van der Waals surface area contributed by atoms with Gasteiger partial charge in [-0.15, -0.1) is 0 Å². The van der Waals surface area contributed by atoms with Gasteiger partial charge in [-0.3, -0.25) is 0 Å².